The van der Waals surface area contributed by atoms with E-state index in [1.807, 2.05) is 0 Å². The summed E-state index contributed by atoms with van der Waals surface area (Å²) in [6, 6.07) is 0. The second-order valence-electron chi connectivity index (χ2n) is 3.07. The molecule has 0 aliphatic rings. The molecule has 0 bridgehead atoms. The highest BCUT2D eigenvalue weighted by molar-refractivity contribution is 7.91. The van der Waals surface area contributed by atoms with Gasteiger partial charge in [-0.05, 0) is 0 Å². The Labute approximate surface area is 99.4 Å². The van der Waals surface area contributed by atoms with Gasteiger partial charge in [0.25, 0.3) is 5.91 Å². The Balaban J connectivity index is 4.04. The number of sulfone groups is 1. The Morgan fingerprint density at radius 2 is 1.88 bits per heavy atom. The van der Waals surface area contributed by atoms with E-state index in [0.717, 1.165) is 5.06 Å². The van der Waals surface area contributed by atoms with Crippen LogP contribution in [0.15, 0.2) is 0 Å². The molecular formula is C8H14ClNO5S. The van der Waals surface area contributed by atoms with Crippen molar-refractivity contribution in [2.75, 3.05) is 24.4 Å². The summed E-state index contributed by atoms with van der Waals surface area (Å²) in [6.07, 6.45) is -0.295. The molecule has 94 valence electrons. The van der Waals surface area contributed by atoms with Crippen LogP contribution in [-0.4, -0.2) is 49.8 Å². The minimum atomic E-state index is -3.32. The molecule has 0 N–H and O–H groups in total. The molecular weight excluding hydrogens is 258 g/mol. The molecule has 0 unspecified atom stereocenters. The van der Waals surface area contributed by atoms with E-state index in [-0.39, 0.29) is 23.8 Å². The Kier molecular flexibility index (Phi) is 6.35. The van der Waals surface area contributed by atoms with Gasteiger partial charge >= 0.3 is 5.97 Å². The molecule has 0 atom stereocenters. The van der Waals surface area contributed by atoms with Gasteiger partial charge in [0.05, 0.1) is 17.9 Å². The van der Waals surface area contributed by atoms with Gasteiger partial charge in [0.2, 0.25) is 0 Å². The van der Waals surface area contributed by atoms with Gasteiger partial charge in [0, 0.05) is 19.9 Å². The number of nitrogens with zero attached hydrogens (tertiary/aromatic N) is 1. The fraction of sp³-hybridized carbons (Fsp3) is 0.750. The molecule has 0 spiro atoms. The molecule has 0 aromatic carbocycles. The zero-order valence-corrected chi connectivity index (χ0v) is 10.7. The predicted octanol–water partition coefficient (Wildman–Crippen LogP) is -0.0334. The highest BCUT2D eigenvalue weighted by Crippen LogP contribution is 1.99. The van der Waals surface area contributed by atoms with E-state index in [9.17, 15) is 18.0 Å². The first-order chi connectivity index (χ1) is 7.28. The van der Waals surface area contributed by atoms with Crippen LogP contribution in [0.2, 0.25) is 0 Å². The normalized spacial score (nSPS) is 10.9. The average molecular weight is 272 g/mol. The molecule has 0 heterocycles. The van der Waals surface area contributed by atoms with Gasteiger partial charge in [0.1, 0.15) is 0 Å². The van der Waals surface area contributed by atoms with E-state index in [0.29, 0.717) is 0 Å². The zero-order valence-electron chi connectivity index (χ0n) is 9.10. The smallest absolute Gasteiger partial charge is 0.333 e. The molecule has 0 saturated heterocycles. The van der Waals surface area contributed by atoms with Crippen molar-refractivity contribution in [3.05, 3.63) is 0 Å². The summed E-state index contributed by atoms with van der Waals surface area (Å²) in [5.41, 5.74) is 0. The second-order valence-corrected chi connectivity index (χ2v) is 5.75. The van der Waals surface area contributed by atoms with Gasteiger partial charge in [-0.1, -0.05) is 0 Å². The van der Waals surface area contributed by atoms with E-state index >= 15 is 0 Å². The van der Waals surface area contributed by atoms with Crippen LogP contribution in [0.4, 0.5) is 0 Å². The van der Waals surface area contributed by atoms with Crippen molar-refractivity contribution in [3.63, 3.8) is 0 Å². The van der Waals surface area contributed by atoms with Gasteiger partial charge in [0.15, 0.2) is 9.84 Å². The fourth-order valence-electron chi connectivity index (χ4n) is 0.721. The van der Waals surface area contributed by atoms with Gasteiger partial charge in [-0.3, -0.25) is 4.79 Å². The van der Waals surface area contributed by atoms with E-state index in [4.69, 9.17) is 11.6 Å². The molecule has 0 aromatic rings. The zero-order chi connectivity index (χ0) is 12.8. The first-order valence-electron chi connectivity index (χ1n) is 4.50. The minimum Gasteiger partial charge on any atom is -0.338 e. The lowest BCUT2D eigenvalue weighted by atomic mass is 10.5. The SMILES string of the molecule is CC(=O)N(C)OC(=O)CCS(=O)(=O)CCCl. The van der Waals surface area contributed by atoms with Crippen LogP contribution >= 0.6 is 11.6 Å². The molecule has 16 heavy (non-hydrogen) atoms. The van der Waals surface area contributed by atoms with Crippen LogP contribution in [0.25, 0.3) is 0 Å². The largest absolute Gasteiger partial charge is 0.338 e. The van der Waals surface area contributed by atoms with Crippen molar-refractivity contribution in [2.45, 2.75) is 13.3 Å². The Morgan fingerprint density at radius 1 is 1.31 bits per heavy atom. The van der Waals surface area contributed by atoms with E-state index in [1.54, 1.807) is 0 Å². The molecule has 6 nitrogen and oxygen atoms in total. The fourth-order valence-corrected chi connectivity index (χ4v) is 2.34. The van der Waals surface area contributed by atoms with Crippen LogP contribution in [0.1, 0.15) is 13.3 Å². The molecule has 1 amide bonds. The highest BCUT2D eigenvalue weighted by Gasteiger charge is 2.16. The van der Waals surface area contributed by atoms with Crippen molar-refractivity contribution < 1.29 is 22.8 Å². The highest BCUT2D eigenvalue weighted by atomic mass is 35.5. The second kappa shape index (κ2) is 6.70. The molecule has 0 fully saturated rings. The first kappa shape index (κ1) is 15.2. The van der Waals surface area contributed by atoms with E-state index in [1.165, 1.54) is 14.0 Å². The molecule has 0 aromatic heterocycles. The predicted molar refractivity (Wildman–Crippen MR) is 58.5 cm³/mol. The van der Waals surface area contributed by atoms with Crippen molar-refractivity contribution >= 4 is 33.3 Å². The van der Waals surface area contributed by atoms with Crippen LogP contribution in [0, 0.1) is 0 Å². The molecule has 8 heteroatoms. The molecule has 0 rings (SSSR count). The Bertz CT molecular complexity index is 353. The Hall–Kier alpha value is -0.820. The lowest BCUT2D eigenvalue weighted by Gasteiger charge is -2.13. The number of hydrogen-bond acceptors (Lipinski definition) is 5. The van der Waals surface area contributed by atoms with Crippen LogP contribution in [0.3, 0.4) is 0 Å². The van der Waals surface area contributed by atoms with Crippen LogP contribution < -0.4 is 0 Å². The third-order valence-electron chi connectivity index (χ3n) is 1.69. The Morgan fingerprint density at radius 3 is 2.31 bits per heavy atom. The quantitative estimate of drug-likeness (QED) is 0.518. The molecule has 0 radical (unpaired) electrons. The minimum absolute atomic E-state index is 0.00920. The van der Waals surface area contributed by atoms with E-state index in [2.05, 4.69) is 4.84 Å². The third-order valence-corrected chi connectivity index (χ3v) is 3.75. The first-order valence-corrected chi connectivity index (χ1v) is 6.85. The average Bonchev–Trinajstić information content (AvgIpc) is 2.14. The number of carbonyl (C=O) groups is 2. The number of amides is 1. The van der Waals surface area contributed by atoms with Crippen molar-refractivity contribution in [3.8, 4) is 0 Å². The van der Waals surface area contributed by atoms with Gasteiger partial charge in [-0.25, -0.2) is 13.2 Å². The van der Waals surface area contributed by atoms with Crippen molar-refractivity contribution in [2.24, 2.45) is 0 Å². The summed E-state index contributed by atoms with van der Waals surface area (Å²) in [5, 5.41) is 0.747. The summed E-state index contributed by atoms with van der Waals surface area (Å²) in [7, 11) is -2.05. The van der Waals surface area contributed by atoms with Crippen LogP contribution in [0.5, 0.6) is 0 Å². The maximum absolute atomic E-state index is 11.2. The number of alkyl halides is 1. The number of rotatable bonds is 5. The van der Waals surface area contributed by atoms with Gasteiger partial charge < -0.3 is 4.84 Å². The molecule has 0 aliphatic carbocycles. The maximum atomic E-state index is 11.2. The summed E-state index contributed by atoms with van der Waals surface area (Å²) < 4.78 is 22.4. The summed E-state index contributed by atoms with van der Waals surface area (Å²) >= 11 is 5.28. The van der Waals surface area contributed by atoms with Crippen LogP contribution in [-0.2, 0) is 24.3 Å². The van der Waals surface area contributed by atoms with Gasteiger partial charge in [-0.15, -0.1) is 11.6 Å². The van der Waals surface area contributed by atoms with Crippen molar-refractivity contribution in [1.29, 1.82) is 0 Å². The summed E-state index contributed by atoms with van der Waals surface area (Å²) in [4.78, 5) is 26.3. The van der Waals surface area contributed by atoms with Gasteiger partial charge in [-0.2, -0.15) is 5.06 Å². The lowest BCUT2D eigenvalue weighted by molar-refractivity contribution is -0.191. The summed E-state index contributed by atoms with van der Waals surface area (Å²) in [5.74, 6) is -1.73. The number of hydrogen-bond donors (Lipinski definition) is 0. The maximum Gasteiger partial charge on any atom is 0.333 e. The van der Waals surface area contributed by atoms with E-state index < -0.39 is 21.7 Å². The standard InChI is InChI=1S/C8H14ClNO5S/c1-7(11)10(2)15-8(12)3-5-16(13,14)6-4-9/h3-6H2,1-2H3. The van der Waals surface area contributed by atoms with Crippen molar-refractivity contribution in [1.82, 2.24) is 5.06 Å². The monoisotopic (exact) mass is 271 g/mol. The topological polar surface area (TPSA) is 80.8 Å². The summed E-state index contributed by atoms with van der Waals surface area (Å²) in [6.45, 7) is 1.22. The number of hydroxylamine groups is 2. The lowest BCUT2D eigenvalue weighted by Crippen LogP contribution is -2.28. The number of halogens is 1. The number of carbonyl (C=O) groups excluding carboxylic acids is 2. The molecule has 0 saturated carbocycles. The molecule has 0 aliphatic heterocycles. The third kappa shape index (κ3) is 6.62.